The first-order valence-electron chi connectivity index (χ1n) is 7.05. The van der Waals surface area contributed by atoms with Crippen molar-refractivity contribution in [1.82, 2.24) is 14.8 Å². The highest BCUT2D eigenvalue weighted by Crippen LogP contribution is 2.28. The maximum Gasteiger partial charge on any atom is 0.135 e. The molecular weight excluding hydrogens is 228 g/mol. The van der Waals surface area contributed by atoms with Crippen LogP contribution in [0.15, 0.2) is 6.33 Å². The van der Waals surface area contributed by atoms with Gasteiger partial charge in [-0.05, 0) is 19.8 Å². The standard InChI is InChI=1S/C13H24N4O/c1-2-18-12(9-14)8-13-16-15-10-17(13)11-6-4-3-5-7-11/h10-12H,2-9,14H2,1H3. The Kier molecular flexibility index (Phi) is 5.13. The van der Waals surface area contributed by atoms with Crippen LogP contribution < -0.4 is 5.73 Å². The Morgan fingerprint density at radius 3 is 2.89 bits per heavy atom. The average molecular weight is 252 g/mol. The molecule has 0 spiro atoms. The van der Waals surface area contributed by atoms with Crippen molar-refractivity contribution < 1.29 is 4.74 Å². The Morgan fingerprint density at radius 1 is 1.44 bits per heavy atom. The molecule has 0 aromatic carbocycles. The molecule has 0 radical (unpaired) electrons. The SMILES string of the molecule is CCOC(CN)Cc1nncn1C1CCCCC1. The highest BCUT2D eigenvalue weighted by Gasteiger charge is 2.20. The molecule has 1 heterocycles. The summed E-state index contributed by atoms with van der Waals surface area (Å²) in [6.45, 7) is 3.22. The quantitative estimate of drug-likeness (QED) is 0.836. The predicted octanol–water partition coefficient (Wildman–Crippen LogP) is 1.69. The molecule has 1 fully saturated rings. The molecule has 2 N–H and O–H groups in total. The summed E-state index contributed by atoms with van der Waals surface area (Å²) in [5.74, 6) is 1.02. The smallest absolute Gasteiger partial charge is 0.135 e. The minimum atomic E-state index is 0.0570. The molecule has 2 rings (SSSR count). The summed E-state index contributed by atoms with van der Waals surface area (Å²) in [7, 11) is 0. The van der Waals surface area contributed by atoms with Crippen molar-refractivity contribution in [3.8, 4) is 0 Å². The fourth-order valence-corrected chi connectivity index (χ4v) is 2.73. The van der Waals surface area contributed by atoms with Gasteiger partial charge in [-0.3, -0.25) is 0 Å². The van der Waals surface area contributed by atoms with Gasteiger partial charge in [0.2, 0.25) is 0 Å². The lowest BCUT2D eigenvalue weighted by molar-refractivity contribution is 0.0669. The molecule has 1 aromatic heterocycles. The van der Waals surface area contributed by atoms with Crippen molar-refractivity contribution in [2.75, 3.05) is 13.2 Å². The van der Waals surface area contributed by atoms with E-state index in [-0.39, 0.29) is 6.10 Å². The highest BCUT2D eigenvalue weighted by atomic mass is 16.5. The highest BCUT2D eigenvalue weighted by molar-refractivity contribution is 4.93. The zero-order valence-electron chi connectivity index (χ0n) is 11.2. The van der Waals surface area contributed by atoms with Crippen LogP contribution in [-0.2, 0) is 11.2 Å². The van der Waals surface area contributed by atoms with Gasteiger partial charge in [0.05, 0.1) is 6.10 Å². The van der Waals surface area contributed by atoms with E-state index in [4.69, 9.17) is 10.5 Å². The Balaban J connectivity index is 2.01. The number of nitrogens with two attached hydrogens (primary N) is 1. The van der Waals surface area contributed by atoms with E-state index in [9.17, 15) is 0 Å². The van der Waals surface area contributed by atoms with Gasteiger partial charge in [0.1, 0.15) is 12.2 Å². The number of hydrogen-bond acceptors (Lipinski definition) is 4. The van der Waals surface area contributed by atoms with Gasteiger partial charge in [0.25, 0.3) is 0 Å². The second-order valence-electron chi connectivity index (χ2n) is 4.96. The third-order valence-corrected chi connectivity index (χ3v) is 3.69. The molecule has 0 saturated heterocycles. The Bertz CT molecular complexity index is 347. The zero-order chi connectivity index (χ0) is 12.8. The molecule has 5 heteroatoms. The van der Waals surface area contributed by atoms with E-state index in [1.165, 1.54) is 32.1 Å². The lowest BCUT2D eigenvalue weighted by Crippen LogP contribution is -2.28. The van der Waals surface area contributed by atoms with Crippen LogP contribution in [0.2, 0.25) is 0 Å². The molecule has 0 aliphatic heterocycles. The molecule has 5 nitrogen and oxygen atoms in total. The van der Waals surface area contributed by atoms with Crippen molar-refractivity contribution in [2.24, 2.45) is 5.73 Å². The summed E-state index contributed by atoms with van der Waals surface area (Å²) >= 11 is 0. The van der Waals surface area contributed by atoms with Gasteiger partial charge in [-0.15, -0.1) is 10.2 Å². The molecular formula is C13H24N4O. The summed E-state index contributed by atoms with van der Waals surface area (Å²) in [5.41, 5.74) is 5.72. The van der Waals surface area contributed by atoms with Gasteiger partial charge < -0.3 is 15.0 Å². The predicted molar refractivity (Wildman–Crippen MR) is 70.3 cm³/mol. The van der Waals surface area contributed by atoms with E-state index in [0.29, 0.717) is 19.2 Å². The van der Waals surface area contributed by atoms with Gasteiger partial charge in [0, 0.05) is 25.6 Å². The van der Waals surface area contributed by atoms with E-state index in [2.05, 4.69) is 14.8 Å². The molecule has 18 heavy (non-hydrogen) atoms. The van der Waals surface area contributed by atoms with Crippen LogP contribution in [0.5, 0.6) is 0 Å². The van der Waals surface area contributed by atoms with E-state index < -0.39 is 0 Å². The van der Waals surface area contributed by atoms with Crippen LogP contribution in [0.1, 0.15) is 50.9 Å². The largest absolute Gasteiger partial charge is 0.377 e. The molecule has 1 aliphatic carbocycles. The third-order valence-electron chi connectivity index (χ3n) is 3.69. The number of aromatic nitrogens is 3. The van der Waals surface area contributed by atoms with Crippen LogP contribution in [-0.4, -0.2) is 34.0 Å². The topological polar surface area (TPSA) is 66.0 Å². The monoisotopic (exact) mass is 252 g/mol. The number of nitrogens with zero attached hydrogens (tertiary/aromatic N) is 3. The van der Waals surface area contributed by atoms with Gasteiger partial charge in [-0.2, -0.15) is 0 Å². The van der Waals surface area contributed by atoms with Crippen molar-refractivity contribution in [1.29, 1.82) is 0 Å². The first-order valence-corrected chi connectivity index (χ1v) is 7.05. The van der Waals surface area contributed by atoms with Crippen molar-refractivity contribution in [2.45, 2.75) is 57.6 Å². The molecule has 1 saturated carbocycles. The van der Waals surface area contributed by atoms with Crippen LogP contribution >= 0.6 is 0 Å². The lowest BCUT2D eigenvalue weighted by Gasteiger charge is -2.24. The normalized spacial score (nSPS) is 19.0. The summed E-state index contributed by atoms with van der Waals surface area (Å²) in [6.07, 6.45) is 9.16. The average Bonchev–Trinajstić information content (AvgIpc) is 2.87. The van der Waals surface area contributed by atoms with Gasteiger partial charge in [0.15, 0.2) is 0 Å². The lowest BCUT2D eigenvalue weighted by atomic mass is 9.95. The van der Waals surface area contributed by atoms with Gasteiger partial charge in [-0.25, -0.2) is 0 Å². The van der Waals surface area contributed by atoms with Gasteiger partial charge in [-0.1, -0.05) is 19.3 Å². The second-order valence-corrected chi connectivity index (χ2v) is 4.96. The maximum atomic E-state index is 5.72. The van der Waals surface area contributed by atoms with E-state index in [1.54, 1.807) is 0 Å². The van der Waals surface area contributed by atoms with Crippen molar-refractivity contribution in [3.05, 3.63) is 12.2 Å². The van der Waals surface area contributed by atoms with Crippen LogP contribution in [0.4, 0.5) is 0 Å². The first-order chi connectivity index (χ1) is 8.85. The van der Waals surface area contributed by atoms with Crippen molar-refractivity contribution >= 4 is 0 Å². The summed E-state index contributed by atoms with van der Waals surface area (Å²) in [5, 5.41) is 8.30. The third kappa shape index (κ3) is 3.29. The van der Waals surface area contributed by atoms with Crippen LogP contribution in [0.3, 0.4) is 0 Å². The van der Waals surface area contributed by atoms with E-state index in [1.807, 2.05) is 13.3 Å². The van der Waals surface area contributed by atoms with Crippen LogP contribution in [0, 0.1) is 0 Å². The fraction of sp³-hybridized carbons (Fsp3) is 0.846. The number of ether oxygens (including phenoxy) is 1. The molecule has 1 atom stereocenters. The maximum absolute atomic E-state index is 5.72. The molecule has 1 aromatic rings. The summed E-state index contributed by atoms with van der Waals surface area (Å²) in [6, 6.07) is 0.573. The van der Waals surface area contributed by atoms with E-state index >= 15 is 0 Å². The Hall–Kier alpha value is -0.940. The molecule has 102 valence electrons. The first kappa shape index (κ1) is 13.5. The molecule has 1 unspecified atom stereocenters. The Morgan fingerprint density at radius 2 is 2.22 bits per heavy atom. The fourth-order valence-electron chi connectivity index (χ4n) is 2.73. The number of rotatable bonds is 6. The molecule has 0 bridgehead atoms. The summed E-state index contributed by atoms with van der Waals surface area (Å²) in [4.78, 5) is 0. The second kappa shape index (κ2) is 6.85. The number of hydrogen-bond donors (Lipinski definition) is 1. The minimum absolute atomic E-state index is 0.0570. The minimum Gasteiger partial charge on any atom is -0.377 e. The molecule has 0 amide bonds. The van der Waals surface area contributed by atoms with E-state index in [0.717, 1.165) is 12.2 Å². The van der Waals surface area contributed by atoms with Crippen LogP contribution in [0.25, 0.3) is 0 Å². The zero-order valence-corrected chi connectivity index (χ0v) is 11.2. The van der Waals surface area contributed by atoms with Crippen molar-refractivity contribution in [3.63, 3.8) is 0 Å². The summed E-state index contributed by atoms with van der Waals surface area (Å²) < 4.78 is 7.84. The van der Waals surface area contributed by atoms with Gasteiger partial charge >= 0.3 is 0 Å². The molecule has 1 aliphatic rings. The Labute approximate surface area is 109 Å².